The number of carbonyl (C=O) groups is 1. The third kappa shape index (κ3) is 2.60. The fourth-order valence-electron chi connectivity index (χ4n) is 0.949. The van der Waals surface area contributed by atoms with Gasteiger partial charge in [-0.1, -0.05) is 11.6 Å². The molecule has 2 N–H and O–H groups in total. The van der Waals surface area contributed by atoms with Crippen molar-refractivity contribution in [2.45, 2.75) is 19.9 Å². The first-order chi connectivity index (χ1) is 6.50. The van der Waals surface area contributed by atoms with Crippen LogP contribution >= 0.6 is 11.6 Å². The molecule has 0 saturated carbocycles. The lowest BCUT2D eigenvalue weighted by Crippen LogP contribution is -2.25. The van der Waals surface area contributed by atoms with Gasteiger partial charge in [-0.25, -0.2) is 4.98 Å². The van der Waals surface area contributed by atoms with Gasteiger partial charge in [0.05, 0.1) is 5.69 Å². The highest BCUT2D eigenvalue weighted by Crippen LogP contribution is 2.20. The van der Waals surface area contributed by atoms with E-state index in [2.05, 4.69) is 10.3 Å². The van der Waals surface area contributed by atoms with Gasteiger partial charge in [-0.05, 0) is 25.5 Å². The zero-order chi connectivity index (χ0) is 10.7. The third-order valence-electron chi connectivity index (χ3n) is 1.72. The van der Waals surface area contributed by atoms with Gasteiger partial charge in [0, 0.05) is 6.20 Å². The molecular weight excluding hydrogens is 204 g/mol. The monoisotopic (exact) mass is 214 g/mol. The molecule has 0 aliphatic heterocycles. The zero-order valence-corrected chi connectivity index (χ0v) is 8.67. The largest absolute Gasteiger partial charge is 0.480 e. The third-order valence-corrected chi connectivity index (χ3v) is 2.02. The molecule has 5 heteroatoms. The van der Waals surface area contributed by atoms with Crippen LogP contribution in [-0.4, -0.2) is 22.1 Å². The Bertz CT molecular complexity index is 355. The van der Waals surface area contributed by atoms with Gasteiger partial charge in [-0.15, -0.1) is 0 Å². The van der Waals surface area contributed by atoms with Gasteiger partial charge in [0.15, 0.2) is 5.15 Å². The van der Waals surface area contributed by atoms with E-state index in [1.807, 2.05) is 6.92 Å². The number of aryl methyl sites for hydroxylation is 1. The second-order valence-electron chi connectivity index (χ2n) is 3.06. The number of hydrogen-bond acceptors (Lipinski definition) is 3. The van der Waals surface area contributed by atoms with Crippen molar-refractivity contribution < 1.29 is 9.90 Å². The van der Waals surface area contributed by atoms with Gasteiger partial charge in [0.2, 0.25) is 0 Å². The van der Waals surface area contributed by atoms with Crippen molar-refractivity contribution in [3.05, 3.63) is 23.0 Å². The highest BCUT2D eigenvalue weighted by molar-refractivity contribution is 6.32. The Balaban J connectivity index is 2.85. The van der Waals surface area contributed by atoms with E-state index in [-0.39, 0.29) is 5.15 Å². The standard InChI is InChI=1S/C9H11ClN2O2/c1-5-3-7(8(10)11-4-5)12-6(2)9(13)14/h3-4,6,12H,1-2H3,(H,13,14). The summed E-state index contributed by atoms with van der Waals surface area (Å²) in [6.45, 7) is 3.40. The van der Waals surface area contributed by atoms with Crippen LogP contribution in [0.2, 0.25) is 5.15 Å². The Morgan fingerprint density at radius 1 is 1.71 bits per heavy atom. The van der Waals surface area contributed by atoms with Crippen LogP contribution in [-0.2, 0) is 4.79 Å². The summed E-state index contributed by atoms with van der Waals surface area (Å²) in [6, 6.07) is 1.07. The van der Waals surface area contributed by atoms with E-state index in [4.69, 9.17) is 16.7 Å². The highest BCUT2D eigenvalue weighted by Gasteiger charge is 2.12. The Hall–Kier alpha value is -1.29. The molecule has 1 rings (SSSR count). The SMILES string of the molecule is Cc1cnc(Cl)c(NC(C)C(=O)O)c1. The molecule has 1 unspecified atom stereocenters. The average Bonchev–Trinajstić information content (AvgIpc) is 2.11. The second kappa shape index (κ2) is 4.28. The van der Waals surface area contributed by atoms with Gasteiger partial charge in [-0.2, -0.15) is 0 Å². The second-order valence-corrected chi connectivity index (χ2v) is 3.41. The molecule has 0 fully saturated rings. The summed E-state index contributed by atoms with van der Waals surface area (Å²) >= 11 is 5.78. The minimum absolute atomic E-state index is 0.281. The zero-order valence-electron chi connectivity index (χ0n) is 7.91. The molecule has 0 aliphatic carbocycles. The molecule has 0 bridgehead atoms. The molecule has 14 heavy (non-hydrogen) atoms. The number of aromatic nitrogens is 1. The molecule has 1 aromatic rings. The Kier molecular flexibility index (Phi) is 3.30. The number of anilines is 1. The number of pyridine rings is 1. The number of carboxylic acid groups (broad SMARTS) is 1. The van der Waals surface area contributed by atoms with E-state index in [9.17, 15) is 4.79 Å². The van der Waals surface area contributed by atoms with E-state index in [1.54, 1.807) is 19.2 Å². The summed E-state index contributed by atoms with van der Waals surface area (Å²) in [5.74, 6) is -0.928. The quantitative estimate of drug-likeness (QED) is 0.755. The lowest BCUT2D eigenvalue weighted by atomic mass is 10.2. The van der Waals surface area contributed by atoms with Crippen molar-refractivity contribution in [1.29, 1.82) is 0 Å². The maximum Gasteiger partial charge on any atom is 0.325 e. The number of rotatable bonds is 3. The van der Waals surface area contributed by atoms with Crippen LogP contribution in [0.5, 0.6) is 0 Å². The van der Waals surface area contributed by atoms with Crippen LogP contribution in [0.15, 0.2) is 12.3 Å². The summed E-state index contributed by atoms with van der Waals surface area (Å²) in [5.41, 5.74) is 1.47. The normalized spacial score (nSPS) is 12.2. The number of nitrogens with zero attached hydrogens (tertiary/aromatic N) is 1. The van der Waals surface area contributed by atoms with Crippen molar-refractivity contribution in [1.82, 2.24) is 4.98 Å². The topological polar surface area (TPSA) is 62.2 Å². The predicted octanol–water partition coefficient (Wildman–Crippen LogP) is 1.93. The van der Waals surface area contributed by atoms with Crippen LogP contribution in [0.1, 0.15) is 12.5 Å². The molecule has 1 atom stereocenters. The van der Waals surface area contributed by atoms with Crippen molar-refractivity contribution in [3.8, 4) is 0 Å². The maximum atomic E-state index is 10.6. The Morgan fingerprint density at radius 3 is 2.93 bits per heavy atom. The first-order valence-electron chi connectivity index (χ1n) is 4.12. The van der Waals surface area contributed by atoms with Crippen molar-refractivity contribution >= 4 is 23.3 Å². The molecule has 1 aromatic heterocycles. The lowest BCUT2D eigenvalue weighted by Gasteiger charge is -2.11. The first kappa shape index (κ1) is 10.8. The van der Waals surface area contributed by atoms with Gasteiger partial charge in [-0.3, -0.25) is 4.79 Å². The molecule has 76 valence electrons. The number of nitrogens with one attached hydrogen (secondary N) is 1. The van der Waals surface area contributed by atoms with Crippen LogP contribution in [0, 0.1) is 6.92 Å². The first-order valence-corrected chi connectivity index (χ1v) is 4.50. The van der Waals surface area contributed by atoms with E-state index in [1.165, 1.54) is 0 Å². The molecule has 1 heterocycles. The Morgan fingerprint density at radius 2 is 2.36 bits per heavy atom. The van der Waals surface area contributed by atoms with Gasteiger partial charge in [0.25, 0.3) is 0 Å². The molecule has 0 aromatic carbocycles. The van der Waals surface area contributed by atoms with Crippen LogP contribution in [0.25, 0.3) is 0 Å². The van der Waals surface area contributed by atoms with Gasteiger partial charge in [0.1, 0.15) is 6.04 Å². The van der Waals surface area contributed by atoms with Crippen LogP contribution < -0.4 is 5.32 Å². The summed E-state index contributed by atoms with van der Waals surface area (Å²) < 4.78 is 0. The van der Waals surface area contributed by atoms with Crippen molar-refractivity contribution in [2.75, 3.05) is 5.32 Å². The maximum absolute atomic E-state index is 10.6. The Labute approximate surface area is 86.9 Å². The van der Waals surface area contributed by atoms with E-state index in [0.29, 0.717) is 5.69 Å². The fourth-order valence-corrected chi connectivity index (χ4v) is 1.11. The van der Waals surface area contributed by atoms with Gasteiger partial charge >= 0.3 is 5.97 Å². The summed E-state index contributed by atoms with van der Waals surface area (Å²) in [4.78, 5) is 14.5. The highest BCUT2D eigenvalue weighted by atomic mass is 35.5. The number of hydrogen-bond donors (Lipinski definition) is 2. The predicted molar refractivity (Wildman–Crippen MR) is 54.7 cm³/mol. The molecule has 0 spiro atoms. The summed E-state index contributed by atoms with van der Waals surface area (Å²) in [5, 5.41) is 11.7. The van der Waals surface area contributed by atoms with Crippen molar-refractivity contribution in [2.24, 2.45) is 0 Å². The number of carboxylic acids is 1. The van der Waals surface area contributed by atoms with E-state index < -0.39 is 12.0 Å². The average molecular weight is 215 g/mol. The lowest BCUT2D eigenvalue weighted by molar-refractivity contribution is -0.137. The fraction of sp³-hybridized carbons (Fsp3) is 0.333. The molecular formula is C9H11ClN2O2. The smallest absolute Gasteiger partial charge is 0.325 e. The summed E-state index contributed by atoms with van der Waals surface area (Å²) in [7, 11) is 0. The summed E-state index contributed by atoms with van der Waals surface area (Å²) in [6.07, 6.45) is 1.62. The molecule has 4 nitrogen and oxygen atoms in total. The van der Waals surface area contributed by atoms with Crippen LogP contribution in [0.4, 0.5) is 5.69 Å². The van der Waals surface area contributed by atoms with Crippen LogP contribution in [0.3, 0.4) is 0 Å². The number of halogens is 1. The van der Waals surface area contributed by atoms with Crippen molar-refractivity contribution in [3.63, 3.8) is 0 Å². The molecule has 0 radical (unpaired) electrons. The minimum Gasteiger partial charge on any atom is -0.480 e. The van der Waals surface area contributed by atoms with Gasteiger partial charge < -0.3 is 10.4 Å². The number of aliphatic carboxylic acids is 1. The molecule has 0 amide bonds. The van der Waals surface area contributed by atoms with E-state index >= 15 is 0 Å². The minimum atomic E-state index is -0.928. The van der Waals surface area contributed by atoms with E-state index in [0.717, 1.165) is 5.56 Å². The molecule has 0 saturated heterocycles. The molecule has 0 aliphatic rings.